The minimum atomic E-state index is -0.0546. The van der Waals surface area contributed by atoms with E-state index in [0.717, 1.165) is 38.0 Å². The smallest absolute Gasteiger partial charge is 0.244 e. The van der Waals surface area contributed by atoms with Gasteiger partial charge >= 0.3 is 0 Å². The van der Waals surface area contributed by atoms with E-state index in [9.17, 15) is 4.79 Å². The molecule has 1 heterocycles. The zero-order chi connectivity index (χ0) is 18.2. The van der Waals surface area contributed by atoms with E-state index in [2.05, 4.69) is 24.1 Å². The number of carbonyl (C=O) groups is 1. The molecule has 1 aromatic carbocycles. The number of hydrogen-bond acceptors (Lipinski definition) is 4. The summed E-state index contributed by atoms with van der Waals surface area (Å²) in [5.74, 6) is 1.85. The van der Waals surface area contributed by atoms with Crippen LogP contribution in [0.2, 0.25) is 0 Å². The van der Waals surface area contributed by atoms with E-state index in [4.69, 9.17) is 9.47 Å². The Morgan fingerprint density at radius 2 is 1.92 bits per heavy atom. The number of carbonyl (C=O) groups excluding carboxylic acids is 1. The molecule has 0 radical (unpaired) electrons. The van der Waals surface area contributed by atoms with Gasteiger partial charge in [-0.15, -0.1) is 0 Å². The Balaban J connectivity index is 1.79. The lowest BCUT2D eigenvalue weighted by atomic mass is 9.96. The molecule has 0 atom stereocenters. The Morgan fingerprint density at radius 1 is 1.24 bits per heavy atom. The quantitative estimate of drug-likeness (QED) is 0.771. The normalized spacial score (nSPS) is 16.4. The van der Waals surface area contributed by atoms with Crippen molar-refractivity contribution < 1.29 is 14.3 Å². The fourth-order valence-corrected chi connectivity index (χ4v) is 3.11. The number of benzene rings is 1. The first-order chi connectivity index (χ1) is 12.0. The lowest BCUT2D eigenvalue weighted by molar-refractivity contribution is -0.116. The predicted molar refractivity (Wildman–Crippen MR) is 101 cm³/mol. The first kappa shape index (κ1) is 19.3. The van der Waals surface area contributed by atoms with Gasteiger partial charge in [0.1, 0.15) is 0 Å². The second-order valence-electron chi connectivity index (χ2n) is 6.77. The molecule has 138 valence electrons. The second-order valence-corrected chi connectivity index (χ2v) is 6.77. The number of piperidine rings is 1. The van der Waals surface area contributed by atoms with Gasteiger partial charge in [0.25, 0.3) is 0 Å². The molecule has 1 amide bonds. The highest BCUT2D eigenvalue weighted by atomic mass is 16.5. The molecule has 1 aliphatic heterocycles. The zero-order valence-electron chi connectivity index (χ0n) is 15.7. The summed E-state index contributed by atoms with van der Waals surface area (Å²) in [4.78, 5) is 14.5. The summed E-state index contributed by atoms with van der Waals surface area (Å²) < 4.78 is 10.5. The first-order valence-electron chi connectivity index (χ1n) is 8.95. The lowest BCUT2D eigenvalue weighted by Gasteiger charge is -2.34. The Kier molecular flexibility index (Phi) is 7.31. The molecule has 5 nitrogen and oxygen atoms in total. The molecule has 2 rings (SSSR count). The van der Waals surface area contributed by atoms with Crippen LogP contribution >= 0.6 is 0 Å². The van der Waals surface area contributed by atoms with Gasteiger partial charge in [0.2, 0.25) is 5.91 Å². The summed E-state index contributed by atoms with van der Waals surface area (Å²) in [5, 5.41) is 3.02. The van der Waals surface area contributed by atoms with E-state index in [1.807, 2.05) is 18.2 Å². The van der Waals surface area contributed by atoms with Crippen molar-refractivity contribution in [2.24, 2.45) is 5.92 Å². The third-order valence-electron chi connectivity index (χ3n) is 4.78. The molecule has 1 aromatic rings. The van der Waals surface area contributed by atoms with Gasteiger partial charge in [0.05, 0.1) is 14.2 Å². The van der Waals surface area contributed by atoms with Crippen LogP contribution in [0, 0.1) is 5.92 Å². The molecule has 5 heteroatoms. The van der Waals surface area contributed by atoms with E-state index in [-0.39, 0.29) is 5.91 Å². The van der Waals surface area contributed by atoms with Gasteiger partial charge in [-0.3, -0.25) is 4.79 Å². The minimum Gasteiger partial charge on any atom is -0.493 e. The molecule has 1 aliphatic rings. The maximum absolute atomic E-state index is 12.0. The Bertz CT molecular complexity index is 591. The standard InChI is InChI=1S/C20H30N2O3/c1-15(2)22-11-9-17(10-12-22)14-21-20(23)8-6-16-5-7-18(24-3)19(13-16)25-4/h5-8,13,15,17H,9-12,14H2,1-4H3,(H,21,23)/b8-6+. The van der Waals surface area contributed by atoms with Crippen molar-refractivity contribution in [2.75, 3.05) is 33.9 Å². The van der Waals surface area contributed by atoms with Gasteiger partial charge in [-0.25, -0.2) is 0 Å². The summed E-state index contributed by atoms with van der Waals surface area (Å²) in [6, 6.07) is 6.19. The van der Waals surface area contributed by atoms with Gasteiger partial charge < -0.3 is 19.7 Å². The van der Waals surface area contributed by atoms with Crippen molar-refractivity contribution in [3.05, 3.63) is 29.8 Å². The van der Waals surface area contributed by atoms with Crippen LogP contribution < -0.4 is 14.8 Å². The third kappa shape index (κ3) is 5.78. The van der Waals surface area contributed by atoms with Crippen LogP contribution in [0.3, 0.4) is 0 Å². The number of likely N-dealkylation sites (tertiary alicyclic amines) is 1. The van der Waals surface area contributed by atoms with E-state index in [1.54, 1.807) is 26.4 Å². The van der Waals surface area contributed by atoms with Crippen molar-refractivity contribution in [1.82, 2.24) is 10.2 Å². The summed E-state index contributed by atoms with van der Waals surface area (Å²) in [7, 11) is 3.20. The number of ether oxygens (including phenoxy) is 2. The molecule has 0 aliphatic carbocycles. The van der Waals surface area contributed by atoms with E-state index in [0.29, 0.717) is 23.5 Å². The van der Waals surface area contributed by atoms with Crippen LogP contribution in [0.1, 0.15) is 32.3 Å². The Morgan fingerprint density at radius 3 is 2.52 bits per heavy atom. The van der Waals surface area contributed by atoms with Crippen molar-refractivity contribution in [1.29, 1.82) is 0 Å². The predicted octanol–water partition coefficient (Wildman–Crippen LogP) is 2.95. The SMILES string of the molecule is COc1ccc(/C=C/C(=O)NCC2CCN(C(C)C)CC2)cc1OC. The zero-order valence-corrected chi connectivity index (χ0v) is 15.7. The number of nitrogens with one attached hydrogen (secondary N) is 1. The van der Waals surface area contributed by atoms with E-state index >= 15 is 0 Å². The van der Waals surface area contributed by atoms with Gasteiger partial charge in [-0.05, 0) is 69.5 Å². The number of methoxy groups -OCH3 is 2. The number of rotatable bonds is 7. The summed E-state index contributed by atoms with van der Waals surface area (Å²) in [6.45, 7) is 7.47. The molecular weight excluding hydrogens is 316 g/mol. The molecule has 0 spiro atoms. The van der Waals surface area contributed by atoms with Crippen LogP contribution in [0.4, 0.5) is 0 Å². The Labute approximate surface area is 151 Å². The minimum absolute atomic E-state index is 0.0546. The van der Waals surface area contributed by atoms with Gasteiger partial charge in [0.15, 0.2) is 11.5 Å². The summed E-state index contributed by atoms with van der Waals surface area (Å²) >= 11 is 0. The van der Waals surface area contributed by atoms with Crippen molar-refractivity contribution in [2.45, 2.75) is 32.7 Å². The molecule has 0 aromatic heterocycles. The molecule has 1 N–H and O–H groups in total. The van der Waals surface area contributed by atoms with Crippen LogP contribution in [0.5, 0.6) is 11.5 Å². The summed E-state index contributed by atoms with van der Waals surface area (Å²) in [6.07, 6.45) is 5.67. The van der Waals surface area contributed by atoms with Gasteiger partial charge in [-0.1, -0.05) is 6.07 Å². The maximum Gasteiger partial charge on any atom is 0.244 e. The fourth-order valence-electron chi connectivity index (χ4n) is 3.11. The third-order valence-corrected chi connectivity index (χ3v) is 4.78. The van der Waals surface area contributed by atoms with E-state index < -0.39 is 0 Å². The molecule has 0 saturated carbocycles. The molecule has 0 bridgehead atoms. The van der Waals surface area contributed by atoms with Gasteiger partial charge in [0, 0.05) is 18.7 Å². The molecule has 1 saturated heterocycles. The van der Waals surface area contributed by atoms with Crippen molar-refractivity contribution in [3.8, 4) is 11.5 Å². The molecular formula is C20H30N2O3. The highest BCUT2D eigenvalue weighted by Crippen LogP contribution is 2.27. The fraction of sp³-hybridized carbons (Fsp3) is 0.550. The monoisotopic (exact) mass is 346 g/mol. The highest BCUT2D eigenvalue weighted by molar-refractivity contribution is 5.91. The topological polar surface area (TPSA) is 50.8 Å². The van der Waals surface area contributed by atoms with Crippen LogP contribution in [0.25, 0.3) is 6.08 Å². The van der Waals surface area contributed by atoms with Crippen LogP contribution in [-0.2, 0) is 4.79 Å². The highest BCUT2D eigenvalue weighted by Gasteiger charge is 2.20. The van der Waals surface area contributed by atoms with Gasteiger partial charge in [-0.2, -0.15) is 0 Å². The average Bonchev–Trinajstić information content (AvgIpc) is 2.64. The summed E-state index contributed by atoms with van der Waals surface area (Å²) in [5.41, 5.74) is 0.901. The maximum atomic E-state index is 12.0. The van der Waals surface area contributed by atoms with Crippen molar-refractivity contribution in [3.63, 3.8) is 0 Å². The largest absolute Gasteiger partial charge is 0.493 e. The number of hydrogen-bond donors (Lipinski definition) is 1. The second kappa shape index (κ2) is 9.47. The number of nitrogens with zero attached hydrogens (tertiary/aromatic N) is 1. The Hall–Kier alpha value is -2.01. The molecule has 1 fully saturated rings. The van der Waals surface area contributed by atoms with E-state index in [1.165, 1.54) is 0 Å². The first-order valence-corrected chi connectivity index (χ1v) is 8.95. The molecule has 0 unspecified atom stereocenters. The van der Waals surface area contributed by atoms with Crippen LogP contribution in [-0.4, -0.2) is 50.7 Å². The number of amides is 1. The average molecular weight is 346 g/mol. The van der Waals surface area contributed by atoms with Crippen LogP contribution in [0.15, 0.2) is 24.3 Å². The molecule has 25 heavy (non-hydrogen) atoms. The lowest BCUT2D eigenvalue weighted by Crippen LogP contribution is -2.41. The van der Waals surface area contributed by atoms with Crippen molar-refractivity contribution >= 4 is 12.0 Å².